The van der Waals surface area contributed by atoms with Crippen molar-refractivity contribution in [3.05, 3.63) is 0 Å². The molecule has 0 aromatic rings. The monoisotopic (exact) mass is 187 g/mol. The van der Waals surface area contributed by atoms with Gasteiger partial charge < -0.3 is 4.90 Å². The average Bonchev–Trinajstić information content (AvgIpc) is 1.97. The van der Waals surface area contributed by atoms with Crippen LogP contribution in [0.5, 0.6) is 0 Å². The van der Waals surface area contributed by atoms with Crippen LogP contribution in [0.4, 0.5) is 0 Å². The van der Waals surface area contributed by atoms with Gasteiger partial charge in [0.15, 0.2) is 0 Å². The summed E-state index contributed by atoms with van der Waals surface area (Å²) in [7, 11) is 2.01. The Balaban J connectivity index is 3.63. The molecule has 1 amide bonds. The van der Waals surface area contributed by atoms with E-state index < -0.39 is 0 Å². The normalized spacial score (nSPS) is 11.8. The third-order valence-corrected chi connectivity index (χ3v) is 1.63. The molecule has 0 heterocycles. The first-order valence-electron chi connectivity index (χ1n) is 4.53. The SMILES string of the molecule is CN(CCC(=O)NN)CC(C)(C)C. The molecule has 0 fully saturated rings. The van der Waals surface area contributed by atoms with Crippen LogP contribution in [0.1, 0.15) is 27.2 Å². The Labute approximate surface area is 80.4 Å². The first-order chi connectivity index (χ1) is 5.85. The molecular formula is C9H21N3O. The average molecular weight is 187 g/mol. The maximum absolute atomic E-state index is 10.8. The minimum atomic E-state index is -0.110. The number of nitrogens with one attached hydrogen (secondary N) is 1. The Bertz CT molecular complexity index is 163. The third-order valence-electron chi connectivity index (χ3n) is 1.63. The molecule has 0 saturated carbocycles. The van der Waals surface area contributed by atoms with Crippen LogP contribution in [0.2, 0.25) is 0 Å². The zero-order valence-electron chi connectivity index (χ0n) is 9.05. The van der Waals surface area contributed by atoms with Gasteiger partial charge in [0.25, 0.3) is 0 Å². The number of nitrogens with two attached hydrogens (primary N) is 1. The molecule has 3 N–H and O–H groups in total. The summed E-state index contributed by atoms with van der Waals surface area (Å²) in [4.78, 5) is 13.0. The fraction of sp³-hybridized carbons (Fsp3) is 0.889. The van der Waals surface area contributed by atoms with Gasteiger partial charge >= 0.3 is 0 Å². The zero-order valence-corrected chi connectivity index (χ0v) is 9.05. The first-order valence-corrected chi connectivity index (χ1v) is 4.53. The molecule has 0 rings (SSSR count). The van der Waals surface area contributed by atoms with Crippen LogP contribution in [-0.2, 0) is 4.79 Å². The van der Waals surface area contributed by atoms with E-state index in [1.807, 2.05) is 7.05 Å². The molecule has 0 radical (unpaired) electrons. The smallest absolute Gasteiger partial charge is 0.235 e. The summed E-state index contributed by atoms with van der Waals surface area (Å²) in [6.07, 6.45) is 0.461. The molecule has 0 bridgehead atoms. The summed E-state index contributed by atoms with van der Waals surface area (Å²) in [5.74, 6) is 4.86. The molecule has 0 atom stereocenters. The molecule has 0 unspecified atom stereocenters. The van der Waals surface area contributed by atoms with Crippen molar-refractivity contribution in [3.63, 3.8) is 0 Å². The molecule has 0 aromatic heterocycles. The highest BCUT2D eigenvalue weighted by Gasteiger charge is 2.13. The van der Waals surface area contributed by atoms with Gasteiger partial charge in [-0.2, -0.15) is 0 Å². The fourth-order valence-corrected chi connectivity index (χ4v) is 1.25. The standard InChI is InChI=1S/C9H21N3O/c1-9(2,3)7-12(4)6-5-8(13)11-10/h5-7,10H2,1-4H3,(H,11,13). The summed E-state index contributed by atoms with van der Waals surface area (Å²) in [6.45, 7) is 8.25. The van der Waals surface area contributed by atoms with E-state index in [4.69, 9.17) is 5.84 Å². The highest BCUT2D eigenvalue weighted by molar-refractivity contribution is 5.75. The van der Waals surface area contributed by atoms with E-state index in [1.54, 1.807) is 0 Å². The molecule has 4 nitrogen and oxygen atoms in total. The maximum atomic E-state index is 10.8. The van der Waals surface area contributed by atoms with Crippen molar-refractivity contribution >= 4 is 5.91 Å². The minimum Gasteiger partial charge on any atom is -0.305 e. The Kier molecular flexibility index (Phi) is 4.95. The molecule has 0 saturated heterocycles. The minimum absolute atomic E-state index is 0.110. The quantitative estimate of drug-likeness (QED) is 0.379. The van der Waals surface area contributed by atoms with Crippen molar-refractivity contribution in [1.29, 1.82) is 0 Å². The number of carbonyl (C=O) groups is 1. The zero-order chi connectivity index (χ0) is 10.5. The van der Waals surface area contributed by atoms with E-state index in [0.717, 1.165) is 13.1 Å². The van der Waals surface area contributed by atoms with Crippen LogP contribution >= 0.6 is 0 Å². The predicted octanol–water partition coefficient (Wildman–Crippen LogP) is 0.344. The summed E-state index contributed by atoms with van der Waals surface area (Å²) < 4.78 is 0. The maximum Gasteiger partial charge on any atom is 0.235 e. The Morgan fingerprint density at radius 3 is 2.38 bits per heavy atom. The Hall–Kier alpha value is -0.610. The highest BCUT2D eigenvalue weighted by atomic mass is 16.2. The largest absolute Gasteiger partial charge is 0.305 e. The van der Waals surface area contributed by atoms with Crippen molar-refractivity contribution < 1.29 is 4.79 Å². The van der Waals surface area contributed by atoms with E-state index in [-0.39, 0.29) is 11.3 Å². The third kappa shape index (κ3) is 7.74. The van der Waals surface area contributed by atoms with E-state index in [1.165, 1.54) is 0 Å². The molecule has 0 aromatic carbocycles. The highest BCUT2D eigenvalue weighted by Crippen LogP contribution is 2.13. The lowest BCUT2D eigenvalue weighted by atomic mass is 9.96. The van der Waals surface area contributed by atoms with Crippen molar-refractivity contribution in [2.45, 2.75) is 27.2 Å². The van der Waals surface area contributed by atoms with Crippen LogP contribution in [-0.4, -0.2) is 30.9 Å². The summed E-state index contributed by atoms with van der Waals surface area (Å²) >= 11 is 0. The van der Waals surface area contributed by atoms with E-state index in [0.29, 0.717) is 6.42 Å². The number of hydrogen-bond donors (Lipinski definition) is 2. The van der Waals surface area contributed by atoms with Gasteiger partial charge in [0.1, 0.15) is 0 Å². The topological polar surface area (TPSA) is 58.4 Å². The lowest BCUT2D eigenvalue weighted by Crippen LogP contribution is -2.35. The molecular weight excluding hydrogens is 166 g/mol. The van der Waals surface area contributed by atoms with E-state index in [9.17, 15) is 4.79 Å². The van der Waals surface area contributed by atoms with Crippen molar-refractivity contribution in [2.24, 2.45) is 11.3 Å². The summed E-state index contributed by atoms with van der Waals surface area (Å²) in [6, 6.07) is 0. The fourth-order valence-electron chi connectivity index (χ4n) is 1.25. The van der Waals surface area contributed by atoms with Gasteiger partial charge in [0.05, 0.1) is 0 Å². The van der Waals surface area contributed by atoms with E-state index in [2.05, 4.69) is 31.1 Å². The van der Waals surface area contributed by atoms with Gasteiger partial charge in [-0.1, -0.05) is 20.8 Å². The number of carbonyl (C=O) groups excluding carboxylic acids is 1. The summed E-state index contributed by atoms with van der Waals surface area (Å²) in [5.41, 5.74) is 2.39. The van der Waals surface area contributed by atoms with Crippen molar-refractivity contribution in [3.8, 4) is 0 Å². The number of amides is 1. The van der Waals surface area contributed by atoms with Gasteiger partial charge in [0.2, 0.25) is 5.91 Å². The Morgan fingerprint density at radius 1 is 1.46 bits per heavy atom. The van der Waals surface area contributed by atoms with Crippen LogP contribution < -0.4 is 11.3 Å². The molecule has 0 aliphatic heterocycles. The molecule has 0 spiro atoms. The Morgan fingerprint density at radius 2 is 2.00 bits per heavy atom. The number of rotatable bonds is 4. The van der Waals surface area contributed by atoms with Crippen LogP contribution in [0.15, 0.2) is 0 Å². The predicted molar refractivity (Wildman–Crippen MR) is 53.9 cm³/mol. The van der Waals surface area contributed by atoms with Crippen molar-refractivity contribution in [2.75, 3.05) is 20.1 Å². The van der Waals surface area contributed by atoms with E-state index >= 15 is 0 Å². The van der Waals surface area contributed by atoms with Crippen LogP contribution in [0, 0.1) is 5.41 Å². The lowest BCUT2D eigenvalue weighted by Gasteiger charge is -2.26. The van der Waals surface area contributed by atoms with Crippen LogP contribution in [0.3, 0.4) is 0 Å². The number of nitrogens with zero attached hydrogens (tertiary/aromatic N) is 1. The molecule has 4 heteroatoms. The van der Waals surface area contributed by atoms with Gasteiger partial charge in [-0.3, -0.25) is 10.2 Å². The second-order valence-electron chi connectivity index (χ2n) is 4.62. The summed E-state index contributed by atoms with van der Waals surface area (Å²) in [5, 5.41) is 0. The van der Waals surface area contributed by atoms with Gasteiger partial charge in [-0.15, -0.1) is 0 Å². The van der Waals surface area contributed by atoms with Crippen LogP contribution in [0.25, 0.3) is 0 Å². The lowest BCUT2D eigenvalue weighted by molar-refractivity contribution is -0.121. The first kappa shape index (κ1) is 12.4. The van der Waals surface area contributed by atoms with Gasteiger partial charge in [0, 0.05) is 19.5 Å². The molecule has 0 aliphatic carbocycles. The number of hydrazine groups is 1. The number of hydrogen-bond acceptors (Lipinski definition) is 3. The molecule has 78 valence electrons. The van der Waals surface area contributed by atoms with Gasteiger partial charge in [-0.05, 0) is 12.5 Å². The second-order valence-corrected chi connectivity index (χ2v) is 4.62. The second kappa shape index (κ2) is 5.19. The van der Waals surface area contributed by atoms with Crippen molar-refractivity contribution in [1.82, 2.24) is 10.3 Å². The molecule has 13 heavy (non-hydrogen) atoms. The molecule has 0 aliphatic rings. The van der Waals surface area contributed by atoms with Gasteiger partial charge in [-0.25, -0.2) is 5.84 Å².